The Morgan fingerprint density at radius 3 is 2.48 bits per heavy atom. The number of nitrogens with zero attached hydrogens (tertiary/aromatic N) is 2. The second kappa shape index (κ2) is 7.99. The Balaban J connectivity index is 1.66. The van der Waals surface area contributed by atoms with Crippen LogP contribution in [0.4, 0.5) is 0 Å². The van der Waals surface area contributed by atoms with Crippen LogP contribution in [0.1, 0.15) is 40.9 Å². The minimum atomic E-state index is -0.0764. The molecule has 25 heavy (non-hydrogen) atoms. The molecule has 0 bridgehead atoms. The molecule has 1 aromatic heterocycles. The fourth-order valence-corrected chi connectivity index (χ4v) is 2.83. The van der Waals surface area contributed by atoms with E-state index in [2.05, 4.69) is 10.4 Å². The first-order valence-corrected chi connectivity index (χ1v) is 8.66. The highest BCUT2D eigenvalue weighted by Crippen LogP contribution is 2.20. The predicted molar refractivity (Wildman–Crippen MR) is 99.7 cm³/mol. The zero-order valence-corrected chi connectivity index (χ0v) is 14.8. The number of carbonyl (C=O) groups excluding carboxylic acids is 1. The van der Waals surface area contributed by atoms with Crippen LogP contribution in [0, 0.1) is 0 Å². The number of nitrogens with one attached hydrogen (secondary N) is 1. The third-order valence-electron chi connectivity index (χ3n) is 4.11. The van der Waals surface area contributed by atoms with Crippen LogP contribution in [0.5, 0.6) is 0 Å². The zero-order chi connectivity index (χ0) is 17.6. The van der Waals surface area contributed by atoms with Crippen molar-refractivity contribution in [2.75, 3.05) is 0 Å². The van der Waals surface area contributed by atoms with E-state index in [0.29, 0.717) is 17.1 Å². The molecule has 0 aliphatic carbocycles. The van der Waals surface area contributed by atoms with Gasteiger partial charge in [-0.15, -0.1) is 0 Å². The summed E-state index contributed by atoms with van der Waals surface area (Å²) in [6.45, 7) is 2.74. The highest BCUT2D eigenvalue weighted by molar-refractivity contribution is 6.30. The standard InChI is InChI=1S/C20H20ClN3O/c1-2-19(16-8-10-18(21)11-9-16)23-20(25)17-6-4-15(5-7-17)14-24-13-3-12-22-24/h3-13,19H,2,14H2,1H3,(H,23,25). The van der Waals surface area contributed by atoms with E-state index in [1.54, 1.807) is 6.20 Å². The van der Waals surface area contributed by atoms with Crippen molar-refractivity contribution in [2.45, 2.75) is 25.9 Å². The summed E-state index contributed by atoms with van der Waals surface area (Å²) in [5, 5.41) is 7.96. The van der Waals surface area contributed by atoms with Gasteiger partial charge in [0, 0.05) is 23.0 Å². The Kier molecular flexibility index (Phi) is 5.51. The number of aromatic nitrogens is 2. The molecule has 1 amide bonds. The SMILES string of the molecule is CCC(NC(=O)c1ccc(Cn2cccn2)cc1)c1ccc(Cl)cc1. The molecule has 3 rings (SSSR count). The number of hydrogen-bond donors (Lipinski definition) is 1. The molecule has 0 fully saturated rings. The Labute approximate surface area is 152 Å². The zero-order valence-electron chi connectivity index (χ0n) is 14.0. The van der Waals surface area contributed by atoms with E-state index < -0.39 is 0 Å². The van der Waals surface area contributed by atoms with E-state index >= 15 is 0 Å². The number of amides is 1. The van der Waals surface area contributed by atoms with Gasteiger partial charge in [0.05, 0.1) is 12.6 Å². The van der Waals surface area contributed by atoms with Gasteiger partial charge in [-0.25, -0.2) is 0 Å². The molecule has 0 saturated carbocycles. The maximum absolute atomic E-state index is 12.5. The minimum absolute atomic E-state index is 0.0338. The van der Waals surface area contributed by atoms with E-state index in [4.69, 9.17) is 11.6 Å². The number of benzene rings is 2. The van der Waals surface area contributed by atoms with Crippen LogP contribution in [0.25, 0.3) is 0 Å². The molecule has 5 heteroatoms. The lowest BCUT2D eigenvalue weighted by atomic mass is 10.0. The Morgan fingerprint density at radius 2 is 1.88 bits per heavy atom. The molecule has 128 valence electrons. The Bertz CT molecular complexity index is 811. The molecule has 4 nitrogen and oxygen atoms in total. The van der Waals surface area contributed by atoms with E-state index in [-0.39, 0.29) is 11.9 Å². The monoisotopic (exact) mass is 353 g/mol. The number of hydrogen-bond acceptors (Lipinski definition) is 2. The van der Waals surface area contributed by atoms with Crippen LogP contribution in [0.2, 0.25) is 5.02 Å². The summed E-state index contributed by atoms with van der Waals surface area (Å²) in [7, 11) is 0. The second-order valence-electron chi connectivity index (χ2n) is 5.89. The van der Waals surface area contributed by atoms with Gasteiger partial charge in [-0.3, -0.25) is 9.48 Å². The molecular formula is C20H20ClN3O. The third-order valence-corrected chi connectivity index (χ3v) is 4.36. The average Bonchev–Trinajstić information content (AvgIpc) is 3.14. The molecule has 1 heterocycles. The van der Waals surface area contributed by atoms with Gasteiger partial charge in [-0.1, -0.05) is 42.8 Å². The second-order valence-corrected chi connectivity index (χ2v) is 6.32. The maximum atomic E-state index is 12.5. The molecule has 2 aromatic carbocycles. The number of rotatable bonds is 6. The third kappa shape index (κ3) is 4.48. The van der Waals surface area contributed by atoms with E-state index in [1.165, 1.54) is 0 Å². The lowest BCUT2D eigenvalue weighted by molar-refractivity contribution is 0.0935. The van der Waals surface area contributed by atoms with Gasteiger partial charge in [-0.2, -0.15) is 5.10 Å². The number of halogens is 1. The molecule has 0 saturated heterocycles. The van der Waals surface area contributed by atoms with Crippen molar-refractivity contribution < 1.29 is 4.79 Å². The summed E-state index contributed by atoms with van der Waals surface area (Å²) in [5.41, 5.74) is 2.80. The Hall–Kier alpha value is -2.59. The lowest BCUT2D eigenvalue weighted by Crippen LogP contribution is -2.28. The fraction of sp³-hybridized carbons (Fsp3) is 0.200. The highest BCUT2D eigenvalue weighted by Gasteiger charge is 2.14. The quantitative estimate of drug-likeness (QED) is 0.710. The van der Waals surface area contributed by atoms with Crippen LogP contribution < -0.4 is 5.32 Å². The van der Waals surface area contributed by atoms with Gasteiger partial charge in [0.25, 0.3) is 5.91 Å². The van der Waals surface area contributed by atoms with Crippen molar-refractivity contribution in [3.8, 4) is 0 Å². The molecule has 0 aliphatic rings. The molecular weight excluding hydrogens is 334 g/mol. The Morgan fingerprint density at radius 1 is 1.16 bits per heavy atom. The van der Waals surface area contributed by atoms with Crippen LogP contribution in [0.15, 0.2) is 67.0 Å². The van der Waals surface area contributed by atoms with Crippen LogP contribution in [0.3, 0.4) is 0 Å². The lowest BCUT2D eigenvalue weighted by Gasteiger charge is -2.17. The van der Waals surface area contributed by atoms with Crippen molar-refractivity contribution in [3.63, 3.8) is 0 Å². The van der Waals surface area contributed by atoms with Crippen LogP contribution in [-0.2, 0) is 6.54 Å². The van der Waals surface area contributed by atoms with Gasteiger partial charge in [0.1, 0.15) is 0 Å². The van der Waals surface area contributed by atoms with Gasteiger partial charge in [0.2, 0.25) is 0 Å². The molecule has 0 radical (unpaired) electrons. The van der Waals surface area contributed by atoms with Crippen molar-refractivity contribution in [1.29, 1.82) is 0 Å². The summed E-state index contributed by atoms with van der Waals surface area (Å²) in [6.07, 6.45) is 4.48. The van der Waals surface area contributed by atoms with E-state index in [0.717, 1.165) is 17.5 Å². The van der Waals surface area contributed by atoms with Gasteiger partial charge in [0.15, 0.2) is 0 Å². The summed E-state index contributed by atoms with van der Waals surface area (Å²) in [5.74, 6) is -0.0764. The van der Waals surface area contributed by atoms with Crippen molar-refractivity contribution >= 4 is 17.5 Å². The highest BCUT2D eigenvalue weighted by atomic mass is 35.5. The normalized spacial score (nSPS) is 11.9. The summed E-state index contributed by atoms with van der Waals surface area (Å²) in [6, 6.07) is 17.1. The average molecular weight is 354 g/mol. The first-order valence-electron chi connectivity index (χ1n) is 8.28. The van der Waals surface area contributed by atoms with Crippen molar-refractivity contribution in [1.82, 2.24) is 15.1 Å². The van der Waals surface area contributed by atoms with Crippen LogP contribution >= 0.6 is 11.6 Å². The summed E-state index contributed by atoms with van der Waals surface area (Å²) in [4.78, 5) is 12.5. The molecule has 1 atom stereocenters. The number of carbonyl (C=O) groups is 1. The minimum Gasteiger partial charge on any atom is -0.345 e. The molecule has 0 aliphatic heterocycles. The van der Waals surface area contributed by atoms with Gasteiger partial charge >= 0.3 is 0 Å². The van der Waals surface area contributed by atoms with E-state index in [1.807, 2.05) is 72.4 Å². The molecule has 0 spiro atoms. The van der Waals surface area contributed by atoms with Crippen molar-refractivity contribution in [3.05, 3.63) is 88.7 Å². The molecule has 3 aromatic rings. The van der Waals surface area contributed by atoms with Gasteiger partial charge < -0.3 is 5.32 Å². The largest absolute Gasteiger partial charge is 0.345 e. The van der Waals surface area contributed by atoms with Crippen LogP contribution in [-0.4, -0.2) is 15.7 Å². The smallest absolute Gasteiger partial charge is 0.251 e. The van der Waals surface area contributed by atoms with Crippen molar-refractivity contribution in [2.24, 2.45) is 0 Å². The van der Waals surface area contributed by atoms with E-state index in [9.17, 15) is 4.79 Å². The first-order chi connectivity index (χ1) is 12.2. The van der Waals surface area contributed by atoms with Gasteiger partial charge in [-0.05, 0) is 47.9 Å². The topological polar surface area (TPSA) is 46.9 Å². The maximum Gasteiger partial charge on any atom is 0.251 e. The summed E-state index contributed by atoms with van der Waals surface area (Å²) < 4.78 is 1.85. The molecule has 1 N–H and O–H groups in total. The first kappa shape index (κ1) is 17.2. The predicted octanol–water partition coefficient (Wildman–Crippen LogP) is 4.47. The fourth-order valence-electron chi connectivity index (χ4n) is 2.70. The molecule has 1 unspecified atom stereocenters. The summed E-state index contributed by atoms with van der Waals surface area (Å²) >= 11 is 5.93.